The lowest BCUT2D eigenvalue weighted by Gasteiger charge is -2.19. The van der Waals surface area contributed by atoms with Crippen LogP contribution in [0.15, 0.2) is 24.7 Å². The van der Waals surface area contributed by atoms with Gasteiger partial charge in [-0.05, 0) is 25.3 Å². The van der Waals surface area contributed by atoms with E-state index >= 15 is 0 Å². The van der Waals surface area contributed by atoms with Gasteiger partial charge in [-0.1, -0.05) is 12.8 Å². The highest BCUT2D eigenvalue weighted by molar-refractivity contribution is 5.10. The molecule has 1 aliphatic carbocycles. The fourth-order valence-corrected chi connectivity index (χ4v) is 3.97. The van der Waals surface area contributed by atoms with Gasteiger partial charge in [-0.25, -0.2) is 0 Å². The molecule has 2 aromatic rings. The fourth-order valence-electron chi connectivity index (χ4n) is 3.97. The molecule has 2 atom stereocenters. The van der Waals surface area contributed by atoms with Crippen LogP contribution in [0.1, 0.15) is 55.5 Å². The van der Waals surface area contributed by atoms with Crippen LogP contribution in [0.5, 0.6) is 0 Å². The van der Waals surface area contributed by atoms with E-state index in [1.54, 1.807) is 0 Å². The SMILES string of the molecule is c1cc(CNC[C@H]2CCO[C@@H]2c2cn[nH]c2)n(C2CCCC2)n1. The maximum Gasteiger partial charge on any atom is 0.0896 e. The second kappa shape index (κ2) is 6.84. The van der Waals surface area contributed by atoms with Crippen molar-refractivity contribution in [2.45, 2.75) is 50.8 Å². The van der Waals surface area contributed by atoms with Gasteiger partial charge in [0.05, 0.1) is 24.0 Å². The number of H-pyrrole nitrogens is 1. The van der Waals surface area contributed by atoms with E-state index in [1.807, 2.05) is 18.6 Å². The van der Waals surface area contributed by atoms with Crippen molar-refractivity contribution < 1.29 is 4.74 Å². The summed E-state index contributed by atoms with van der Waals surface area (Å²) in [4.78, 5) is 0. The van der Waals surface area contributed by atoms with Crippen LogP contribution in [-0.4, -0.2) is 33.1 Å². The second-order valence-electron chi connectivity index (χ2n) is 6.71. The Labute approximate surface area is 136 Å². The minimum Gasteiger partial charge on any atom is -0.373 e. The molecular weight excluding hydrogens is 290 g/mol. The van der Waals surface area contributed by atoms with Crippen molar-refractivity contribution in [1.29, 1.82) is 0 Å². The Morgan fingerprint density at radius 1 is 1.30 bits per heavy atom. The summed E-state index contributed by atoms with van der Waals surface area (Å²) in [5, 5.41) is 15.1. The standard InChI is InChI=1S/C17H25N5O/c1-2-4-15(3-1)22-16(5-7-21-22)12-18-9-13-6-8-23-17(13)14-10-19-20-11-14/h5,7,10-11,13,15,17-18H,1-4,6,8-9,12H2,(H,19,20)/t13-,17+/m1/s1. The van der Waals surface area contributed by atoms with E-state index in [4.69, 9.17) is 4.74 Å². The van der Waals surface area contributed by atoms with E-state index < -0.39 is 0 Å². The molecule has 0 spiro atoms. The summed E-state index contributed by atoms with van der Waals surface area (Å²) in [6.07, 6.45) is 12.2. The van der Waals surface area contributed by atoms with Crippen molar-refractivity contribution in [2.75, 3.05) is 13.2 Å². The molecule has 0 aromatic carbocycles. The lowest BCUT2D eigenvalue weighted by molar-refractivity contribution is 0.0904. The van der Waals surface area contributed by atoms with Crippen LogP contribution in [-0.2, 0) is 11.3 Å². The van der Waals surface area contributed by atoms with Gasteiger partial charge in [0.2, 0.25) is 0 Å². The molecule has 1 saturated carbocycles. The quantitative estimate of drug-likeness (QED) is 0.860. The van der Waals surface area contributed by atoms with Crippen molar-refractivity contribution in [3.63, 3.8) is 0 Å². The average Bonchev–Trinajstić information content (AvgIpc) is 3.34. The maximum absolute atomic E-state index is 5.89. The van der Waals surface area contributed by atoms with Gasteiger partial charge in [0.25, 0.3) is 0 Å². The Bertz CT molecular complexity index is 602. The number of nitrogens with one attached hydrogen (secondary N) is 2. The van der Waals surface area contributed by atoms with Gasteiger partial charge < -0.3 is 10.1 Å². The third-order valence-corrected chi connectivity index (χ3v) is 5.20. The highest BCUT2D eigenvalue weighted by Crippen LogP contribution is 2.33. The zero-order valence-corrected chi connectivity index (χ0v) is 13.4. The van der Waals surface area contributed by atoms with E-state index in [-0.39, 0.29) is 6.10 Å². The lowest BCUT2D eigenvalue weighted by atomic mass is 9.97. The Morgan fingerprint density at radius 3 is 3.04 bits per heavy atom. The molecule has 4 rings (SSSR count). The van der Waals surface area contributed by atoms with E-state index in [1.165, 1.54) is 31.4 Å². The first-order valence-electron chi connectivity index (χ1n) is 8.75. The largest absolute Gasteiger partial charge is 0.373 e. The van der Waals surface area contributed by atoms with Gasteiger partial charge in [0.1, 0.15) is 0 Å². The van der Waals surface area contributed by atoms with Crippen LogP contribution >= 0.6 is 0 Å². The molecule has 0 radical (unpaired) electrons. The molecule has 1 aliphatic heterocycles. The van der Waals surface area contributed by atoms with Gasteiger partial charge in [0.15, 0.2) is 0 Å². The average molecular weight is 315 g/mol. The van der Waals surface area contributed by atoms with Crippen molar-refractivity contribution in [3.8, 4) is 0 Å². The molecule has 0 unspecified atom stereocenters. The van der Waals surface area contributed by atoms with Crippen LogP contribution < -0.4 is 5.32 Å². The summed E-state index contributed by atoms with van der Waals surface area (Å²) in [5.74, 6) is 0.510. The number of aromatic nitrogens is 4. The Balaban J connectivity index is 1.33. The normalized spacial score (nSPS) is 25.4. The molecule has 0 amide bonds. The molecular formula is C17H25N5O. The first-order chi connectivity index (χ1) is 11.4. The molecule has 6 heteroatoms. The van der Waals surface area contributed by atoms with Crippen molar-refractivity contribution in [2.24, 2.45) is 5.92 Å². The Morgan fingerprint density at radius 2 is 2.22 bits per heavy atom. The van der Waals surface area contributed by atoms with E-state index in [9.17, 15) is 0 Å². The summed E-state index contributed by atoms with van der Waals surface area (Å²) < 4.78 is 8.12. The molecule has 124 valence electrons. The zero-order chi connectivity index (χ0) is 15.5. The second-order valence-corrected chi connectivity index (χ2v) is 6.71. The van der Waals surface area contributed by atoms with E-state index in [0.29, 0.717) is 12.0 Å². The molecule has 2 aliphatic rings. The molecule has 3 heterocycles. The molecule has 2 aromatic heterocycles. The Kier molecular flexibility index (Phi) is 4.43. The lowest BCUT2D eigenvalue weighted by Crippen LogP contribution is -2.26. The molecule has 6 nitrogen and oxygen atoms in total. The first kappa shape index (κ1) is 14.9. The predicted molar refractivity (Wildman–Crippen MR) is 86.8 cm³/mol. The van der Waals surface area contributed by atoms with Gasteiger partial charge in [-0.15, -0.1) is 0 Å². The fraction of sp³-hybridized carbons (Fsp3) is 0.647. The number of nitrogens with zero attached hydrogens (tertiary/aromatic N) is 3. The minimum absolute atomic E-state index is 0.168. The summed E-state index contributed by atoms with van der Waals surface area (Å²) in [6.45, 7) is 2.68. The van der Waals surface area contributed by atoms with Crippen LogP contribution in [0.3, 0.4) is 0 Å². The number of hydrogen-bond acceptors (Lipinski definition) is 4. The van der Waals surface area contributed by atoms with Crippen molar-refractivity contribution >= 4 is 0 Å². The number of ether oxygens (including phenoxy) is 1. The smallest absolute Gasteiger partial charge is 0.0896 e. The van der Waals surface area contributed by atoms with E-state index in [0.717, 1.165) is 31.7 Å². The summed E-state index contributed by atoms with van der Waals surface area (Å²) in [6, 6.07) is 2.75. The highest BCUT2D eigenvalue weighted by atomic mass is 16.5. The molecule has 0 bridgehead atoms. The predicted octanol–water partition coefficient (Wildman–Crippen LogP) is 2.59. The van der Waals surface area contributed by atoms with Gasteiger partial charge in [0, 0.05) is 43.6 Å². The number of rotatable bonds is 6. The molecule has 2 N–H and O–H groups in total. The van der Waals surface area contributed by atoms with Crippen molar-refractivity contribution in [3.05, 3.63) is 35.9 Å². The van der Waals surface area contributed by atoms with Gasteiger partial charge in [-0.3, -0.25) is 9.78 Å². The topological polar surface area (TPSA) is 67.8 Å². The minimum atomic E-state index is 0.168. The number of aromatic amines is 1. The van der Waals surface area contributed by atoms with Gasteiger partial charge in [-0.2, -0.15) is 10.2 Å². The molecule has 2 fully saturated rings. The van der Waals surface area contributed by atoms with Crippen LogP contribution in [0.25, 0.3) is 0 Å². The summed E-state index contributed by atoms with van der Waals surface area (Å²) in [7, 11) is 0. The third-order valence-electron chi connectivity index (χ3n) is 5.20. The highest BCUT2D eigenvalue weighted by Gasteiger charge is 2.30. The van der Waals surface area contributed by atoms with Crippen LogP contribution in [0, 0.1) is 5.92 Å². The first-order valence-corrected chi connectivity index (χ1v) is 8.75. The zero-order valence-electron chi connectivity index (χ0n) is 13.4. The molecule has 1 saturated heterocycles. The number of hydrogen-bond donors (Lipinski definition) is 2. The van der Waals surface area contributed by atoms with Crippen LogP contribution in [0.2, 0.25) is 0 Å². The maximum atomic E-state index is 5.89. The summed E-state index contributed by atoms with van der Waals surface area (Å²) >= 11 is 0. The van der Waals surface area contributed by atoms with Crippen molar-refractivity contribution in [1.82, 2.24) is 25.3 Å². The summed E-state index contributed by atoms with van der Waals surface area (Å²) in [5.41, 5.74) is 2.46. The monoisotopic (exact) mass is 315 g/mol. The van der Waals surface area contributed by atoms with Crippen LogP contribution in [0.4, 0.5) is 0 Å². The van der Waals surface area contributed by atoms with E-state index in [2.05, 4.69) is 31.4 Å². The molecule has 23 heavy (non-hydrogen) atoms. The third kappa shape index (κ3) is 3.19. The van der Waals surface area contributed by atoms with Gasteiger partial charge >= 0.3 is 0 Å². The Hall–Kier alpha value is -1.66.